The molecule has 1 atom stereocenters. The van der Waals surface area contributed by atoms with E-state index >= 15 is 0 Å². The number of fused-ring (bicyclic) bond motifs is 1. The Balaban J connectivity index is 2.05. The number of hydrogen-bond acceptors (Lipinski definition) is 2. The predicted molar refractivity (Wildman–Crippen MR) is 46.5 cm³/mol. The molecule has 2 heteroatoms. The molecule has 2 aliphatic rings. The molecule has 1 unspecified atom stereocenters. The van der Waals surface area contributed by atoms with Crippen LogP contribution in [0.2, 0.25) is 0 Å². The van der Waals surface area contributed by atoms with Gasteiger partial charge in [0.05, 0.1) is 12.4 Å². The van der Waals surface area contributed by atoms with Crippen LogP contribution in [0.4, 0.5) is 0 Å². The zero-order valence-corrected chi connectivity index (χ0v) is 7.12. The van der Waals surface area contributed by atoms with Crippen LogP contribution in [-0.2, 0) is 4.74 Å². The van der Waals surface area contributed by atoms with Crippen molar-refractivity contribution >= 4 is 0 Å². The van der Waals surface area contributed by atoms with E-state index < -0.39 is 0 Å². The first kappa shape index (κ1) is 7.87. The van der Waals surface area contributed by atoms with Gasteiger partial charge in [-0.05, 0) is 25.3 Å². The molecule has 0 aromatic rings. The van der Waals surface area contributed by atoms with Gasteiger partial charge >= 0.3 is 0 Å². The minimum Gasteiger partial charge on any atom is -0.498 e. The lowest BCUT2D eigenvalue weighted by molar-refractivity contribution is 0.257. The molecule has 66 valence electrons. The highest BCUT2D eigenvalue weighted by Crippen LogP contribution is 2.34. The summed E-state index contributed by atoms with van der Waals surface area (Å²) in [4.78, 5) is 0. The van der Waals surface area contributed by atoms with Crippen LogP contribution in [0.5, 0.6) is 0 Å². The van der Waals surface area contributed by atoms with Crippen LogP contribution in [0.15, 0.2) is 23.5 Å². The number of rotatable bonds is 2. The second-order valence-corrected chi connectivity index (χ2v) is 3.41. The summed E-state index contributed by atoms with van der Waals surface area (Å²) in [5.41, 5.74) is 1.36. The van der Waals surface area contributed by atoms with Crippen molar-refractivity contribution in [2.45, 2.75) is 19.3 Å². The molecule has 12 heavy (non-hydrogen) atoms. The Bertz CT molecular complexity index is 228. The first-order valence-electron chi connectivity index (χ1n) is 4.53. The van der Waals surface area contributed by atoms with Crippen LogP contribution in [0.25, 0.3) is 0 Å². The number of aliphatic hydroxyl groups excluding tert-OH is 1. The first-order valence-corrected chi connectivity index (χ1v) is 4.53. The maximum atomic E-state index is 8.77. The predicted octanol–water partition coefficient (Wildman–Crippen LogP) is 1.62. The lowest BCUT2D eigenvalue weighted by atomic mass is 9.90. The van der Waals surface area contributed by atoms with E-state index in [1.165, 1.54) is 5.57 Å². The number of aliphatic hydroxyl groups is 1. The fourth-order valence-electron chi connectivity index (χ4n) is 1.88. The molecule has 2 rings (SSSR count). The summed E-state index contributed by atoms with van der Waals surface area (Å²) in [5, 5.41) is 8.77. The topological polar surface area (TPSA) is 29.5 Å². The summed E-state index contributed by atoms with van der Waals surface area (Å²) >= 11 is 0. The van der Waals surface area contributed by atoms with E-state index in [4.69, 9.17) is 9.84 Å². The maximum absolute atomic E-state index is 8.77. The first-order chi connectivity index (χ1) is 5.90. The minimum absolute atomic E-state index is 0.266. The zero-order chi connectivity index (χ0) is 8.39. The van der Waals surface area contributed by atoms with Gasteiger partial charge in [-0.3, -0.25) is 0 Å². The molecule has 0 aromatic heterocycles. The van der Waals surface area contributed by atoms with Gasteiger partial charge in [0.25, 0.3) is 0 Å². The fraction of sp³-hybridized carbons (Fsp3) is 0.600. The van der Waals surface area contributed by atoms with Crippen molar-refractivity contribution in [3.05, 3.63) is 23.5 Å². The standard InChI is InChI=1S/C10H14O2/c11-5-3-8-1-2-10-9(7-8)4-6-12-10/h1-2,9,11H,3-7H2. The Hall–Kier alpha value is -0.760. The van der Waals surface area contributed by atoms with Crippen LogP contribution in [0, 0.1) is 5.92 Å². The molecule has 0 saturated carbocycles. The van der Waals surface area contributed by atoms with Gasteiger partial charge in [0.15, 0.2) is 0 Å². The Kier molecular flexibility index (Phi) is 2.17. The zero-order valence-electron chi connectivity index (χ0n) is 7.12. The van der Waals surface area contributed by atoms with Gasteiger partial charge < -0.3 is 9.84 Å². The van der Waals surface area contributed by atoms with Crippen LogP contribution in [0.3, 0.4) is 0 Å². The van der Waals surface area contributed by atoms with E-state index in [9.17, 15) is 0 Å². The highest BCUT2D eigenvalue weighted by Gasteiger charge is 2.25. The van der Waals surface area contributed by atoms with Crippen molar-refractivity contribution in [2.75, 3.05) is 13.2 Å². The average Bonchev–Trinajstić information content (AvgIpc) is 2.51. The molecule has 2 nitrogen and oxygen atoms in total. The smallest absolute Gasteiger partial charge is 0.0995 e. The SMILES string of the molecule is OCCC1=CC=C2OCCC2C1. The Morgan fingerprint density at radius 3 is 3.25 bits per heavy atom. The molecule has 0 bridgehead atoms. The number of hydrogen-bond donors (Lipinski definition) is 1. The van der Waals surface area contributed by atoms with Crippen molar-refractivity contribution in [2.24, 2.45) is 5.92 Å². The normalized spacial score (nSPS) is 27.2. The van der Waals surface area contributed by atoms with Gasteiger partial charge in [0, 0.05) is 12.5 Å². The van der Waals surface area contributed by atoms with Crippen LogP contribution in [-0.4, -0.2) is 18.3 Å². The lowest BCUT2D eigenvalue weighted by Gasteiger charge is -2.16. The Morgan fingerprint density at radius 2 is 2.42 bits per heavy atom. The minimum atomic E-state index is 0.266. The number of ether oxygens (including phenoxy) is 1. The average molecular weight is 166 g/mol. The van der Waals surface area contributed by atoms with E-state index in [1.54, 1.807) is 0 Å². The van der Waals surface area contributed by atoms with Crippen LogP contribution >= 0.6 is 0 Å². The number of allylic oxidation sites excluding steroid dienone is 3. The summed E-state index contributed by atoms with van der Waals surface area (Å²) in [7, 11) is 0. The van der Waals surface area contributed by atoms with Gasteiger partial charge in [-0.2, -0.15) is 0 Å². The molecule has 1 fully saturated rings. The van der Waals surface area contributed by atoms with Gasteiger partial charge in [0.1, 0.15) is 0 Å². The highest BCUT2D eigenvalue weighted by atomic mass is 16.5. The van der Waals surface area contributed by atoms with E-state index in [-0.39, 0.29) is 6.61 Å². The monoisotopic (exact) mass is 166 g/mol. The molecule has 0 radical (unpaired) electrons. The van der Waals surface area contributed by atoms with Gasteiger partial charge in [-0.25, -0.2) is 0 Å². The quantitative estimate of drug-likeness (QED) is 0.675. The summed E-state index contributed by atoms with van der Waals surface area (Å²) in [6.45, 7) is 1.14. The van der Waals surface area contributed by atoms with Crippen LogP contribution in [0.1, 0.15) is 19.3 Å². The molecule has 0 spiro atoms. The summed E-state index contributed by atoms with van der Waals surface area (Å²) < 4.78 is 5.44. The summed E-state index contributed by atoms with van der Waals surface area (Å²) in [5.74, 6) is 1.76. The van der Waals surface area contributed by atoms with E-state index in [0.717, 1.165) is 31.6 Å². The van der Waals surface area contributed by atoms with Gasteiger partial charge in [-0.15, -0.1) is 0 Å². The maximum Gasteiger partial charge on any atom is 0.0995 e. The van der Waals surface area contributed by atoms with Crippen LogP contribution < -0.4 is 0 Å². The van der Waals surface area contributed by atoms with Crippen molar-refractivity contribution < 1.29 is 9.84 Å². The molecular weight excluding hydrogens is 152 g/mol. The third-order valence-corrected chi connectivity index (χ3v) is 2.56. The fourth-order valence-corrected chi connectivity index (χ4v) is 1.88. The van der Waals surface area contributed by atoms with Gasteiger partial charge in [0.2, 0.25) is 0 Å². The second-order valence-electron chi connectivity index (χ2n) is 3.41. The molecule has 1 aliphatic heterocycles. The molecule has 1 saturated heterocycles. The lowest BCUT2D eigenvalue weighted by Crippen LogP contribution is -2.04. The molecular formula is C10H14O2. The molecule has 1 N–H and O–H groups in total. The van der Waals surface area contributed by atoms with Crippen molar-refractivity contribution in [3.63, 3.8) is 0 Å². The largest absolute Gasteiger partial charge is 0.498 e. The Labute approximate surface area is 72.5 Å². The summed E-state index contributed by atoms with van der Waals surface area (Å²) in [6, 6.07) is 0. The Morgan fingerprint density at radius 1 is 1.50 bits per heavy atom. The van der Waals surface area contributed by atoms with E-state index in [1.807, 2.05) is 0 Å². The van der Waals surface area contributed by atoms with E-state index in [0.29, 0.717) is 5.92 Å². The summed E-state index contributed by atoms with van der Waals surface area (Å²) in [6.07, 6.45) is 7.21. The third-order valence-electron chi connectivity index (χ3n) is 2.56. The molecule has 0 aromatic carbocycles. The second kappa shape index (κ2) is 3.31. The molecule has 1 aliphatic carbocycles. The van der Waals surface area contributed by atoms with Crippen molar-refractivity contribution in [1.29, 1.82) is 0 Å². The van der Waals surface area contributed by atoms with Crippen molar-refractivity contribution in [1.82, 2.24) is 0 Å². The van der Waals surface area contributed by atoms with Crippen molar-refractivity contribution in [3.8, 4) is 0 Å². The van der Waals surface area contributed by atoms with Gasteiger partial charge in [-0.1, -0.05) is 11.6 Å². The molecule has 1 heterocycles. The highest BCUT2D eigenvalue weighted by molar-refractivity contribution is 5.24. The third kappa shape index (κ3) is 1.39. The molecule has 0 amide bonds. The van der Waals surface area contributed by atoms with E-state index in [2.05, 4.69) is 12.2 Å².